The number of imide groups is 1. The van der Waals surface area contributed by atoms with Gasteiger partial charge in [0.25, 0.3) is 5.91 Å². The molecule has 2 aliphatic heterocycles. The van der Waals surface area contributed by atoms with Crippen molar-refractivity contribution >= 4 is 34.8 Å². The van der Waals surface area contributed by atoms with Crippen LogP contribution in [-0.4, -0.2) is 44.0 Å². The van der Waals surface area contributed by atoms with Crippen molar-refractivity contribution in [1.29, 1.82) is 0 Å². The van der Waals surface area contributed by atoms with Crippen LogP contribution < -0.4 is 15.1 Å². The van der Waals surface area contributed by atoms with Gasteiger partial charge < -0.3 is 15.0 Å². The van der Waals surface area contributed by atoms with Crippen molar-refractivity contribution in [2.75, 3.05) is 41.4 Å². The van der Waals surface area contributed by atoms with Gasteiger partial charge in [-0.25, -0.2) is 0 Å². The van der Waals surface area contributed by atoms with Crippen LogP contribution in [0.1, 0.15) is 28.8 Å². The Hall–Kier alpha value is -3.45. The van der Waals surface area contributed by atoms with E-state index in [1.54, 1.807) is 12.1 Å². The lowest BCUT2D eigenvalue weighted by Gasteiger charge is -2.31. The molecule has 3 amide bonds. The molecule has 2 aromatic carbocycles. The molecule has 2 atom stereocenters. The van der Waals surface area contributed by atoms with Crippen LogP contribution in [0.4, 0.5) is 17.1 Å². The van der Waals surface area contributed by atoms with Gasteiger partial charge in [-0.1, -0.05) is 29.8 Å². The first-order chi connectivity index (χ1) is 16.0. The topological polar surface area (TPSA) is 79.0 Å². The summed E-state index contributed by atoms with van der Waals surface area (Å²) in [5.41, 5.74) is 3.44. The summed E-state index contributed by atoms with van der Waals surface area (Å²) in [5, 5.41) is 2.96. The van der Waals surface area contributed by atoms with Crippen LogP contribution >= 0.6 is 0 Å². The first-order valence-corrected chi connectivity index (χ1v) is 11.4. The van der Waals surface area contributed by atoms with Crippen molar-refractivity contribution in [1.82, 2.24) is 0 Å². The molecule has 2 saturated heterocycles. The number of carbonyl (C=O) groups excluding carboxylic acids is 3. The molecule has 0 spiro atoms. The number of ether oxygens (including phenoxy) is 1. The predicted octanol–water partition coefficient (Wildman–Crippen LogP) is 3.54. The van der Waals surface area contributed by atoms with Gasteiger partial charge in [-0.15, -0.1) is 0 Å². The highest BCUT2D eigenvalue weighted by Crippen LogP contribution is 2.39. The Morgan fingerprint density at radius 1 is 0.939 bits per heavy atom. The number of benzene rings is 2. The average molecular weight is 446 g/mol. The van der Waals surface area contributed by atoms with E-state index >= 15 is 0 Å². The largest absolute Gasteiger partial charge is 0.378 e. The summed E-state index contributed by atoms with van der Waals surface area (Å²) >= 11 is 0. The maximum atomic E-state index is 13.4. The lowest BCUT2D eigenvalue weighted by molar-refractivity contribution is -0.122. The molecule has 7 nitrogen and oxygen atoms in total. The quantitative estimate of drug-likeness (QED) is 0.575. The van der Waals surface area contributed by atoms with E-state index in [1.807, 2.05) is 49.4 Å². The Labute approximate surface area is 193 Å². The average Bonchev–Trinajstić information content (AvgIpc) is 3.11. The minimum atomic E-state index is -0.314. The van der Waals surface area contributed by atoms with Crippen LogP contribution in [0, 0.1) is 18.8 Å². The lowest BCUT2D eigenvalue weighted by atomic mass is 9.85. The minimum absolute atomic E-state index is 0.182. The fraction of sp³-hybridized carbons (Fsp3) is 0.346. The van der Waals surface area contributed by atoms with Gasteiger partial charge in [-0.05, 0) is 50.1 Å². The number of morpholine rings is 1. The third-order valence-electron chi connectivity index (χ3n) is 6.65. The first kappa shape index (κ1) is 21.4. The van der Waals surface area contributed by atoms with Crippen molar-refractivity contribution in [2.45, 2.75) is 19.8 Å². The van der Waals surface area contributed by atoms with Gasteiger partial charge in [-0.3, -0.25) is 19.3 Å². The molecular weight excluding hydrogens is 418 g/mol. The third-order valence-corrected chi connectivity index (χ3v) is 6.65. The van der Waals surface area contributed by atoms with Crippen LogP contribution in [0.25, 0.3) is 0 Å². The predicted molar refractivity (Wildman–Crippen MR) is 126 cm³/mol. The summed E-state index contributed by atoms with van der Waals surface area (Å²) in [5.74, 6) is -1.27. The zero-order valence-electron chi connectivity index (χ0n) is 18.6. The Morgan fingerprint density at radius 2 is 1.58 bits per heavy atom. The number of fused-ring (bicyclic) bond motifs is 1. The summed E-state index contributed by atoms with van der Waals surface area (Å²) in [7, 11) is 0. The third kappa shape index (κ3) is 4.04. The second-order valence-corrected chi connectivity index (χ2v) is 8.79. The monoisotopic (exact) mass is 445 g/mol. The number of rotatable bonds is 4. The van der Waals surface area contributed by atoms with Gasteiger partial charge in [0.05, 0.1) is 36.3 Å². The van der Waals surface area contributed by atoms with E-state index in [4.69, 9.17) is 4.74 Å². The van der Waals surface area contributed by atoms with Crippen molar-refractivity contribution in [3.8, 4) is 0 Å². The van der Waals surface area contributed by atoms with Crippen LogP contribution in [0.3, 0.4) is 0 Å². The molecule has 1 N–H and O–H groups in total. The van der Waals surface area contributed by atoms with Crippen LogP contribution in [0.15, 0.2) is 54.6 Å². The van der Waals surface area contributed by atoms with E-state index < -0.39 is 0 Å². The number of hydrogen-bond donors (Lipinski definition) is 1. The number of allylic oxidation sites excluding steroid dienone is 2. The van der Waals surface area contributed by atoms with Gasteiger partial charge in [0.15, 0.2) is 0 Å². The minimum Gasteiger partial charge on any atom is -0.378 e. The number of nitrogens with zero attached hydrogens (tertiary/aromatic N) is 2. The number of nitrogens with one attached hydrogen (secondary N) is 1. The molecule has 0 bridgehead atoms. The van der Waals surface area contributed by atoms with Gasteiger partial charge in [0.1, 0.15) is 0 Å². The summed E-state index contributed by atoms with van der Waals surface area (Å²) in [6, 6.07) is 12.9. The van der Waals surface area contributed by atoms with E-state index in [1.165, 1.54) is 4.90 Å². The van der Waals surface area contributed by atoms with E-state index in [-0.39, 0.29) is 29.6 Å². The second-order valence-electron chi connectivity index (χ2n) is 8.79. The van der Waals surface area contributed by atoms with E-state index in [0.29, 0.717) is 56.1 Å². The van der Waals surface area contributed by atoms with Crippen molar-refractivity contribution in [3.05, 3.63) is 65.7 Å². The molecule has 2 aromatic rings. The SMILES string of the molecule is Cc1ccc(NC(=O)c2cc(N3C(=O)C4CC=CCC4C3=O)ccc2N2CCOCC2)cc1. The molecule has 0 aromatic heterocycles. The summed E-state index contributed by atoms with van der Waals surface area (Å²) < 4.78 is 5.47. The highest BCUT2D eigenvalue weighted by molar-refractivity contribution is 6.23. The molecule has 2 unspecified atom stereocenters. The number of carbonyl (C=O) groups is 3. The highest BCUT2D eigenvalue weighted by atomic mass is 16.5. The molecule has 1 aliphatic carbocycles. The number of anilines is 3. The molecule has 0 radical (unpaired) electrons. The smallest absolute Gasteiger partial charge is 0.257 e. The molecule has 2 fully saturated rings. The van der Waals surface area contributed by atoms with Gasteiger partial charge >= 0.3 is 0 Å². The van der Waals surface area contributed by atoms with E-state index in [9.17, 15) is 14.4 Å². The Morgan fingerprint density at radius 3 is 2.21 bits per heavy atom. The molecule has 3 aliphatic rings. The molecule has 2 heterocycles. The summed E-state index contributed by atoms with van der Waals surface area (Å²) in [6.07, 6.45) is 5.10. The number of aryl methyl sites for hydroxylation is 1. The zero-order chi connectivity index (χ0) is 22.9. The van der Waals surface area contributed by atoms with Crippen molar-refractivity contribution in [3.63, 3.8) is 0 Å². The Kier molecular flexibility index (Phi) is 5.72. The number of amides is 3. The standard InChI is InChI=1S/C26H27N3O4/c1-17-6-8-18(9-7-17)27-24(30)22-16-19(10-11-23(22)28-12-14-33-15-13-28)29-25(31)20-4-2-3-5-21(20)26(29)32/h2-3,6-11,16,20-21H,4-5,12-15H2,1H3,(H,27,30). The Balaban J connectivity index is 1.50. The zero-order valence-corrected chi connectivity index (χ0v) is 18.6. The lowest BCUT2D eigenvalue weighted by Crippen LogP contribution is -2.37. The first-order valence-electron chi connectivity index (χ1n) is 11.4. The molecular formula is C26H27N3O4. The molecule has 7 heteroatoms. The fourth-order valence-corrected chi connectivity index (χ4v) is 4.82. The second kappa shape index (κ2) is 8.83. The van der Waals surface area contributed by atoms with E-state index in [2.05, 4.69) is 10.2 Å². The molecule has 5 rings (SSSR count). The van der Waals surface area contributed by atoms with Crippen LogP contribution in [0.2, 0.25) is 0 Å². The Bertz CT molecular complexity index is 1090. The van der Waals surface area contributed by atoms with Gasteiger partial charge in [-0.2, -0.15) is 0 Å². The normalized spacial score (nSPS) is 22.5. The molecule has 0 saturated carbocycles. The summed E-state index contributed by atoms with van der Waals surface area (Å²) in [4.78, 5) is 42.9. The molecule has 170 valence electrons. The fourth-order valence-electron chi connectivity index (χ4n) is 4.82. The highest BCUT2D eigenvalue weighted by Gasteiger charge is 2.48. The van der Waals surface area contributed by atoms with Gasteiger partial charge in [0, 0.05) is 24.5 Å². The van der Waals surface area contributed by atoms with Crippen molar-refractivity contribution in [2.24, 2.45) is 11.8 Å². The van der Waals surface area contributed by atoms with Crippen molar-refractivity contribution < 1.29 is 19.1 Å². The number of hydrogen-bond acceptors (Lipinski definition) is 5. The van der Waals surface area contributed by atoms with Crippen LogP contribution in [-0.2, 0) is 14.3 Å². The molecule has 33 heavy (non-hydrogen) atoms. The summed E-state index contributed by atoms with van der Waals surface area (Å²) in [6.45, 7) is 4.49. The maximum absolute atomic E-state index is 13.4. The maximum Gasteiger partial charge on any atom is 0.257 e. The van der Waals surface area contributed by atoms with Gasteiger partial charge in [0.2, 0.25) is 11.8 Å². The van der Waals surface area contributed by atoms with Crippen LogP contribution in [0.5, 0.6) is 0 Å². The van der Waals surface area contributed by atoms with E-state index in [0.717, 1.165) is 11.3 Å².